The Hall–Kier alpha value is -2.17. The molecule has 0 aliphatic heterocycles. The summed E-state index contributed by atoms with van der Waals surface area (Å²) in [6.07, 6.45) is 2.54. The molecule has 1 rings (SSSR count). The van der Waals surface area contributed by atoms with Gasteiger partial charge in [-0.2, -0.15) is 0 Å². The number of esters is 2. The first-order chi connectivity index (χ1) is 7.74. The van der Waals surface area contributed by atoms with E-state index in [1.165, 1.54) is 12.3 Å². The lowest BCUT2D eigenvalue weighted by atomic mass is 10.4. The highest BCUT2D eigenvalue weighted by molar-refractivity contribution is 5.87. The molecule has 0 atom stereocenters. The Morgan fingerprint density at radius 2 is 2.06 bits per heavy atom. The molecule has 0 aromatic carbocycles. The fourth-order valence-corrected chi connectivity index (χ4v) is 0.893. The molecule has 0 aliphatic rings. The van der Waals surface area contributed by atoms with Crippen molar-refractivity contribution in [3.05, 3.63) is 42.7 Å². The molecule has 0 saturated carbocycles. The van der Waals surface area contributed by atoms with E-state index in [9.17, 15) is 9.59 Å². The van der Waals surface area contributed by atoms with Crippen molar-refractivity contribution in [1.82, 2.24) is 4.98 Å². The third-order valence-corrected chi connectivity index (χ3v) is 1.60. The molecule has 5 heteroatoms. The summed E-state index contributed by atoms with van der Waals surface area (Å²) in [7, 11) is 0. The molecule has 0 radical (unpaired) electrons. The summed E-state index contributed by atoms with van der Waals surface area (Å²) in [5.41, 5.74) is 0.220. The molecular weight excluding hydrogens is 210 g/mol. The quantitative estimate of drug-likeness (QED) is 0.421. The van der Waals surface area contributed by atoms with Crippen LogP contribution >= 0.6 is 0 Å². The van der Waals surface area contributed by atoms with Gasteiger partial charge in [-0.1, -0.05) is 12.6 Å². The summed E-state index contributed by atoms with van der Waals surface area (Å²) in [6, 6.07) is 4.92. The van der Waals surface area contributed by atoms with Gasteiger partial charge < -0.3 is 9.47 Å². The van der Waals surface area contributed by atoms with Gasteiger partial charge in [0.25, 0.3) is 0 Å². The number of ether oxygens (including phenoxy) is 2. The number of carbonyl (C=O) groups excluding carboxylic acids is 2. The van der Waals surface area contributed by atoms with Crippen LogP contribution in [0.5, 0.6) is 0 Å². The van der Waals surface area contributed by atoms with Crippen molar-refractivity contribution in [2.75, 3.05) is 13.2 Å². The van der Waals surface area contributed by atoms with Gasteiger partial charge in [0.2, 0.25) is 0 Å². The zero-order valence-electron chi connectivity index (χ0n) is 8.59. The Bertz CT molecular complexity index is 375. The molecule has 1 heterocycles. The van der Waals surface area contributed by atoms with Crippen LogP contribution in [0.4, 0.5) is 0 Å². The lowest BCUT2D eigenvalue weighted by molar-refractivity contribution is -0.138. The molecule has 1 aromatic heterocycles. The number of carbonyl (C=O) groups is 2. The van der Waals surface area contributed by atoms with Gasteiger partial charge in [0.15, 0.2) is 0 Å². The van der Waals surface area contributed by atoms with Gasteiger partial charge in [-0.25, -0.2) is 14.6 Å². The van der Waals surface area contributed by atoms with Crippen LogP contribution in [0.25, 0.3) is 0 Å². The minimum atomic E-state index is -0.547. The van der Waals surface area contributed by atoms with E-state index < -0.39 is 11.9 Å². The predicted molar refractivity (Wildman–Crippen MR) is 55.7 cm³/mol. The average molecular weight is 221 g/mol. The summed E-state index contributed by atoms with van der Waals surface area (Å²) >= 11 is 0. The molecule has 0 N–H and O–H groups in total. The molecule has 0 bridgehead atoms. The van der Waals surface area contributed by atoms with Crippen LogP contribution in [0.2, 0.25) is 0 Å². The van der Waals surface area contributed by atoms with Crippen molar-refractivity contribution in [2.45, 2.75) is 0 Å². The minimum Gasteiger partial charge on any atom is -0.459 e. The van der Waals surface area contributed by atoms with E-state index in [-0.39, 0.29) is 18.9 Å². The molecule has 84 valence electrons. The SMILES string of the molecule is C=CC(=O)OCCOC(=O)c1ccccn1. The van der Waals surface area contributed by atoms with Crippen molar-refractivity contribution >= 4 is 11.9 Å². The number of hydrogen-bond acceptors (Lipinski definition) is 5. The van der Waals surface area contributed by atoms with Gasteiger partial charge in [0, 0.05) is 12.3 Å². The number of hydrogen-bond donors (Lipinski definition) is 0. The van der Waals surface area contributed by atoms with Gasteiger partial charge in [-0.15, -0.1) is 0 Å². The Morgan fingerprint density at radius 1 is 1.31 bits per heavy atom. The van der Waals surface area contributed by atoms with Gasteiger partial charge >= 0.3 is 11.9 Å². The first-order valence-corrected chi connectivity index (χ1v) is 4.61. The van der Waals surface area contributed by atoms with E-state index in [1.807, 2.05) is 0 Å². The van der Waals surface area contributed by atoms with Crippen LogP contribution in [0.1, 0.15) is 10.5 Å². The topological polar surface area (TPSA) is 65.5 Å². The third kappa shape index (κ3) is 3.91. The van der Waals surface area contributed by atoms with Gasteiger partial charge in [0.05, 0.1) is 0 Å². The van der Waals surface area contributed by atoms with Crippen molar-refractivity contribution < 1.29 is 19.1 Å². The molecule has 0 saturated heterocycles. The fourth-order valence-electron chi connectivity index (χ4n) is 0.893. The van der Waals surface area contributed by atoms with Crippen LogP contribution in [0.3, 0.4) is 0 Å². The molecule has 1 aromatic rings. The molecule has 0 aliphatic carbocycles. The summed E-state index contributed by atoms with van der Waals surface area (Å²) in [5.74, 6) is -1.09. The van der Waals surface area contributed by atoms with Crippen LogP contribution in [-0.4, -0.2) is 30.1 Å². The van der Waals surface area contributed by atoms with Gasteiger partial charge in [-0.05, 0) is 12.1 Å². The number of aromatic nitrogens is 1. The Balaban J connectivity index is 2.26. The second-order valence-corrected chi connectivity index (χ2v) is 2.72. The maximum absolute atomic E-state index is 11.3. The molecule has 0 spiro atoms. The van der Waals surface area contributed by atoms with Crippen molar-refractivity contribution in [3.8, 4) is 0 Å². The molecule has 0 unspecified atom stereocenters. The lowest BCUT2D eigenvalue weighted by Crippen LogP contribution is -2.13. The van der Waals surface area contributed by atoms with E-state index in [1.54, 1.807) is 12.1 Å². The van der Waals surface area contributed by atoms with E-state index in [0.717, 1.165) is 6.08 Å². The number of rotatable bonds is 5. The summed E-state index contributed by atoms with van der Waals surface area (Å²) in [4.78, 5) is 25.8. The van der Waals surface area contributed by atoms with Gasteiger partial charge in [0.1, 0.15) is 18.9 Å². The van der Waals surface area contributed by atoms with Crippen molar-refractivity contribution in [2.24, 2.45) is 0 Å². The van der Waals surface area contributed by atoms with Crippen LogP contribution < -0.4 is 0 Å². The number of pyridine rings is 1. The number of nitrogens with zero attached hydrogens (tertiary/aromatic N) is 1. The largest absolute Gasteiger partial charge is 0.459 e. The lowest BCUT2D eigenvalue weighted by Gasteiger charge is -2.04. The second-order valence-electron chi connectivity index (χ2n) is 2.72. The molecule has 5 nitrogen and oxygen atoms in total. The normalized spacial score (nSPS) is 9.25. The van der Waals surface area contributed by atoms with Crippen LogP contribution in [0, 0.1) is 0 Å². The summed E-state index contributed by atoms with van der Waals surface area (Å²) < 4.78 is 9.43. The molecule has 16 heavy (non-hydrogen) atoms. The van der Waals surface area contributed by atoms with Gasteiger partial charge in [-0.3, -0.25) is 0 Å². The highest BCUT2D eigenvalue weighted by Gasteiger charge is 2.07. The molecule has 0 fully saturated rings. The standard InChI is InChI=1S/C11H11NO4/c1-2-10(13)15-7-8-16-11(14)9-5-3-4-6-12-9/h2-6H,1,7-8H2. The summed E-state index contributed by atoms with van der Waals surface area (Å²) in [5, 5.41) is 0. The van der Waals surface area contributed by atoms with Crippen molar-refractivity contribution in [3.63, 3.8) is 0 Å². The van der Waals surface area contributed by atoms with E-state index in [4.69, 9.17) is 4.74 Å². The zero-order valence-corrected chi connectivity index (χ0v) is 8.59. The second kappa shape index (κ2) is 6.34. The van der Waals surface area contributed by atoms with E-state index >= 15 is 0 Å². The highest BCUT2D eigenvalue weighted by Crippen LogP contribution is 1.96. The fraction of sp³-hybridized carbons (Fsp3) is 0.182. The highest BCUT2D eigenvalue weighted by atomic mass is 16.6. The Kier molecular flexibility index (Phi) is 4.72. The van der Waals surface area contributed by atoms with E-state index in [0.29, 0.717) is 0 Å². The van der Waals surface area contributed by atoms with Crippen molar-refractivity contribution in [1.29, 1.82) is 0 Å². The monoisotopic (exact) mass is 221 g/mol. The third-order valence-electron chi connectivity index (χ3n) is 1.60. The maximum atomic E-state index is 11.3. The average Bonchev–Trinajstić information content (AvgIpc) is 2.35. The van der Waals surface area contributed by atoms with Crippen LogP contribution in [0.15, 0.2) is 37.1 Å². The smallest absolute Gasteiger partial charge is 0.357 e. The molecule has 0 amide bonds. The predicted octanol–water partition coefficient (Wildman–Crippen LogP) is 0.968. The van der Waals surface area contributed by atoms with Crippen LogP contribution in [-0.2, 0) is 14.3 Å². The summed E-state index contributed by atoms with van der Waals surface area (Å²) in [6.45, 7) is 3.23. The first-order valence-electron chi connectivity index (χ1n) is 4.61. The Labute approximate surface area is 92.7 Å². The van der Waals surface area contributed by atoms with E-state index in [2.05, 4.69) is 16.3 Å². The minimum absolute atomic E-state index is 0.00340. The first kappa shape index (κ1) is 11.9. The zero-order chi connectivity index (χ0) is 11.8. The Morgan fingerprint density at radius 3 is 2.69 bits per heavy atom. The molecular formula is C11H11NO4. The maximum Gasteiger partial charge on any atom is 0.357 e.